The van der Waals surface area contributed by atoms with Crippen LogP contribution in [0.2, 0.25) is 0 Å². The number of hydrogen-bond donors (Lipinski definition) is 1. The van der Waals surface area contributed by atoms with Gasteiger partial charge in [-0.05, 0) is 37.0 Å². The fourth-order valence-corrected chi connectivity index (χ4v) is 4.10. The van der Waals surface area contributed by atoms with Gasteiger partial charge in [0.05, 0.1) is 18.6 Å². The predicted molar refractivity (Wildman–Crippen MR) is 80.5 cm³/mol. The van der Waals surface area contributed by atoms with Crippen LogP contribution in [-0.4, -0.2) is 39.2 Å². The van der Waals surface area contributed by atoms with E-state index in [0.717, 1.165) is 12.1 Å². The summed E-state index contributed by atoms with van der Waals surface area (Å²) in [6.07, 6.45) is 2.78. The van der Waals surface area contributed by atoms with Crippen LogP contribution in [0.3, 0.4) is 0 Å². The van der Waals surface area contributed by atoms with Crippen molar-refractivity contribution in [2.45, 2.75) is 38.0 Å². The van der Waals surface area contributed by atoms with E-state index in [9.17, 15) is 8.42 Å². The molecule has 1 N–H and O–H groups in total. The minimum atomic E-state index is -2.94. The molecule has 3 rings (SSSR count). The number of sulfone groups is 1. The van der Waals surface area contributed by atoms with Gasteiger partial charge >= 0.3 is 0 Å². The lowest BCUT2D eigenvalue weighted by Crippen LogP contribution is -2.19. The molecule has 1 atom stereocenters. The molecular formula is C15H21NO4S. The number of methoxy groups -OCH3 is 1. The summed E-state index contributed by atoms with van der Waals surface area (Å²) in [6.45, 7) is 0.800. The average molecular weight is 311 g/mol. The summed E-state index contributed by atoms with van der Waals surface area (Å²) >= 11 is 0. The Bertz CT molecular complexity index is 610. The Hall–Kier alpha value is -1.27. The van der Waals surface area contributed by atoms with E-state index in [-0.39, 0.29) is 17.6 Å². The summed E-state index contributed by atoms with van der Waals surface area (Å²) in [5.41, 5.74) is 1.12. The first kappa shape index (κ1) is 14.7. The SMILES string of the molecule is COc1ccc(CNC2CC2)cc1OC1CCS(=O)(=O)C1. The van der Waals surface area contributed by atoms with E-state index < -0.39 is 9.84 Å². The van der Waals surface area contributed by atoms with Gasteiger partial charge in [0.1, 0.15) is 6.10 Å². The lowest BCUT2D eigenvalue weighted by molar-refractivity contribution is 0.218. The summed E-state index contributed by atoms with van der Waals surface area (Å²) in [4.78, 5) is 0. The second-order valence-corrected chi connectivity index (χ2v) is 8.01. The van der Waals surface area contributed by atoms with E-state index in [2.05, 4.69) is 5.32 Å². The highest BCUT2D eigenvalue weighted by molar-refractivity contribution is 7.91. The normalized spacial score (nSPS) is 24.0. The first-order valence-electron chi connectivity index (χ1n) is 7.33. The van der Waals surface area contributed by atoms with Crippen LogP contribution in [0, 0.1) is 0 Å². The second-order valence-electron chi connectivity index (χ2n) is 5.78. The van der Waals surface area contributed by atoms with Gasteiger partial charge in [0.25, 0.3) is 0 Å². The van der Waals surface area contributed by atoms with Crippen LogP contribution >= 0.6 is 0 Å². The van der Waals surface area contributed by atoms with Crippen molar-refractivity contribution < 1.29 is 17.9 Å². The first-order valence-corrected chi connectivity index (χ1v) is 9.15. The maximum atomic E-state index is 11.5. The minimum absolute atomic E-state index is 0.0979. The summed E-state index contributed by atoms with van der Waals surface area (Å²) in [7, 11) is -1.34. The van der Waals surface area contributed by atoms with Gasteiger partial charge < -0.3 is 14.8 Å². The van der Waals surface area contributed by atoms with Crippen LogP contribution in [0.4, 0.5) is 0 Å². The maximum absolute atomic E-state index is 11.5. The third kappa shape index (κ3) is 3.89. The summed E-state index contributed by atoms with van der Waals surface area (Å²) in [5, 5.41) is 3.45. The largest absolute Gasteiger partial charge is 0.493 e. The molecule has 0 spiro atoms. The van der Waals surface area contributed by atoms with Gasteiger partial charge in [-0.25, -0.2) is 8.42 Å². The average Bonchev–Trinajstić information content (AvgIpc) is 3.21. The van der Waals surface area contributed by atoms with E-state index >= 15 is 0 Å². The van der Waals surface area contributed by atoms with E-state index in [1.165, 1.54) is 12.8 Å². The molecule has 1 saturated carbocycles. The molecule has 2 aliphatic rings. The number of hydrogen-bond acceptors (Lipinski definition) is 5. The quantitative estimate of drug-likeness (QED) is 0.863. The number of benzene rings is 1. The molecule has 0 radical (unpaired) electrons. The molecule has 1 aromatic rings. The van der Waals surface area contributed by atoms with Crippen LogP contribution in [0.25, 0.3) is 0 Å². The zero-order valence-electron chi connectivity index (χ0n) is 12.2. The zero-order chi connectivity index (χ0) is 14.9. The van der Waals surface area contributed by atoms with E-state index in [1.807, 2.05) is 18.2 Å². The van der Waals surface area contributed by atoms with E-state index in [4.69, 9.17) is 9.47 Å². The van der Waals surface area contributed by atoms with Crippen molar-refractivity contribution in [2.75, 3.05) is 18.6 Å². The van der Waals surface area contributed by atoms with Crippen LogP contribution in [0.15, 0.2) is 18.2 Å². The van der Waals surface area contributed by atoms with Crippen molar-refractivity contribution in [1.29, 1.82) is 0 Å². The van der Waals surface area contributed by atoms with Gasteiger partial charge in [-0.3, -0.25) is 0 Å². The lowest BCUT2D eigenvalue weighted by Gasteiger charge is -2.16. The Morgan fingerprint density at radius 2 is 2.05 bits per heavy atom. The highest BCUT2D eigenvalue weighted by atomic mass is 32.2. The standard InChI is InChI=1S/C15H21NO4S/c1-19-14-5-2-11(9-16-12-3-4-12)8-15(14)20-13-6-7-21(17,18)10-13/h2,5,8,12-13,16H,3-4,6-7,9-10H2,1H3. The molecule has 0 aromatic heterocycles. The van der Waals surface area contributed by atoms with Crippen molar-refractivity contribution in [3.8, 4) is 11.5 Å². The minimum Gasteiger partial charge on any atom is -0.493 e. The Labute approximate surface area is 125 Å². The molecule has 1 heterocycles. The van der Waals surface area contributed by atoms with Gasteiger partial charge in [-0.15, -0.1) is 0 Å². The van der Waals surface area contributed by atoms with Crippen LogP contribution in [-0.2, 0) is 16.4 Å². The van der Waals surface area contributed by atoms with Gasteiger partial charge in [0, 0.05) is 12.6 Å². The summed E-state index contributed by atoms with van der Waals surface area (Å²) < 4.78 is 34.2. The Kier molecular flexibility index (Phi) is 4.08. The third-order valence-electron chi connectivity index (χ3n) is 3.88. The molecule has 5 nitrogen and oxygen atoms in total. The van der Waals surface area contributed by atoms with Crippen LogP contribution in [0.5, 0.6) is 11.5 Å². The highest BCUT2D eigenvalue weighted by Crippen LogP contribution is 2.31. The molecule has 21 heavy (non-hydrogen) atoms. The lowest BCUT2D eigenvalue weighted by atomic mass is 10.2. The van der Waals surface area contributed by atoms with Crippen LogP contribution in [0.1, 0.15) is 24.8 Å². The maximum Gasteiger partial charge on any atom is 0.161 e. The zero-order valence-corrected chi connectivity index (χ0v) is 13.0. The Morgan fingerprint density at radius 1 is 1.24 bits per heavy atom. The topological polar surface area (TPSA) is 64.6 Å². The smallest absolute Gasteiger partial charge is 0.161 e. The molecule has 1 aromatic carbocycles. The summed E-state index contributed by atoms with van der Waals surface area (Å²) in [6, 6.07) is 6.48. The van der Waals surface area contributed by atoms with E-state index in [0.29, 0.717) is 24.0 Å². The van der Waals surface area contributed by atoms with Crippen LogP contribution < -0.4 is 14.8 Å². The Balaban J connectivity index is 1.70. The monoisotopic (exact) mass is 311 g/mol. The molecule has 0 bridgehead atoms. The molecule has 116 valence electrons. The fourth-order valence-electron chi connectivity index (χ4n) is 2.51. The molecule has 1 aliphatic carbocycles. The van der Waals surface area contributed by atoms with Crippen molar-refractivity contribution >= 4 is 9.84 Å². The number of rotatable bonds is 6. The number of nitrogens with one attached hydrogen (secondary N) is 1. The van der Waals surface area contributed by atoms with Gasteiger partial charge in [0.15, 0.2) is 21.3 Å². The molecule has 1 unspecified atom stereocenters. The van der Waals surface area contributed by atoms with Gasteiger partial charge in [-0.1, -0.05) is 6.07 Å². The Morgan fingerprint density at radius 3 is 2.67 bits per heavy atom. The van der Waals surface area contributed by atoms with E-state index in [1.54, 1.807) is 7.11 Å². The van der Waals surface area contributed by atoms with Gasteiger partial charge in [0.2, 0.25) is 0 Å². The first-order chi connectivity index (χ1) is 10.1. The summed E-state index contributed by atoms with van der Waals surface area (Å²) in [5.74, 6) is 1.59. The van der Waals surface area contributed by atoms with Gasteiger partial charge in [-0.2, -0.15) is 0 Å². The van der Waals surface area contributed by atoms with Crippen molar-refractivity contribution in [1.82, 2.24) is 5.32 Å². The van der Waals surface area contributed by atoms with Crippen molar-refractivity contribution in [3.63, 3.8) is 0 Å². The molecule has 2 fully saturated rings. The molecular weight excluding hydrogens is 290 g/mol. The third-order valence-corrected chi connectivity index (χ3v) is 5.62. The fraction of sp³-hybridized carbons (Fsp3) is 0.600. The predicted octanol–water partition coefficient (Wildman–Crippen LogP) is 1.51. The second kappa shape index (κ2) is 5.85. The highest BCUT2D eigenvalue weighted by Gasteiger charge is 2.30. The molecule has 0 amide bonds. The molecule has 6 heteroatoms. The van der Waals surface area contributed by atoms with Crippen molar-refractivity contribution in [3.05, 3.63) is 23.8 Å². The molecule has 1 saturated heterocycles. The molecule has 1 aliphatic heterocycles. The number of ether oxygens (including phenoxy) is 2. The van der Waals surface area contributed by atoms with Crippen molar-refractivity contribution in [2.24, 2.45) is 0 Å².